The van der Waals surface area contributed by atoms with Gasteiger partial charge in [0.2, 0.25) is 11.8 Å². The maximum Gasteiger partial charge on any atom is 0.264 e. The van der Waals surface area contributed by atoms with Crippen LogP contribution in [0.25, 0.3) is 0 Å². The first-order chi connectivity index (χ1) is 18.4. The van der Waals surface area contributed by atoms with E-state index in [2.05, 4.69) is 5.32 Å². The summed E-state index contributed by atoms with van der Waals surface area (Å²) < 4.78 is 42.1. The Labute approximate surface area is 234 Å². The topological polar surface area (TPSA) is 86.8 Å². The average molecular weight is 574 g/mol. The van der Waals surface area contributed by atoms with Crippen molar-refractivity contribution in [1.29, 1.82) is 0 Å². The fraction of sp³-hybridized carbons (Fsp3) is 0.310. The average Bonchev–Trinajstić information content (AvgIpc) is 2.91. The Morgan fingerprint density at radius 2 is 1.54 bits per heavy atom. The van der Waals surface area contributed by atoms with Crippen molar-refractivity contribution in [2.75, 3.05) is 10.8 Å². The zero-order valence-corrected chi connectivity index (χ0v) is 24.0. The molecule has 0 saturated carbocycles. The molecule has 2 atom stereocenters. The minimum absolute atomic E-state index is 0.0166. The van der Waals surface area contributed by atoms with Crippen LogP contribution in [0, 0.1) is 12.7 Å². The quantitative estimate of drug-likeness (QED) is 0.337. The highest BCUT2D eigenvalue weighted by Gasteiger charge is 2.32. The highest BCUT2D eigenvalue weighted by atomic mass is 35.5. The normalized spacial score (nSPS) is 12.9. The van der Waals surface area contributed by atoms with Crippen LogP contribution in [0.15, 0.2) is 77.7 Å². The van der Waals surface area contributed by atoms with Crippen molar-refractivity contribution in [3.63, 3.8) is 0 Å². The zero-order chi connectivity index (χ0) is 28.7. The van der Waals surface area contributed by atoms with Crippen molar-refractivity contribution in [3.8, 4) is 0 Å². The minimum atomic E-state index is -4.21. The molecule has 208 valence electrons. The van der Waals surface area contributed by atoms with Crippen LogP contribution >= 0.6 is 11.6 Å². The van der Waals surface area contributed by atoms with Gasteiger partial charge in [-0.3, -0.25) is 13.9 Å². The highest BCUT2D eigenvalue weighted by Crippen LogP contribution is 2.25. The third kappa shape index (κ3) is 7.80. The Bertz CT molecular complexity index is 1380. The number of halogens is 2. The third-order valence-electron chi connectivity index (χ3n) is 6.44. The van der Waals surface area contributed by atoms with Gasteiger partial charge in [0.15, 0.2) is 0 Å². The predicted molar refractivity (Wildman–Crippen MR) is 151 cm³/mol. The van der Waals surface area contributed by atoms with E-state index < -0.39 is 34.3 Å². The second-order valence-electron chi connectivity index (χ2n) is 9.44. The van der Waals surface area contributed by atoms with Gasteiger partial charge in [-0.2, -0.15) is 0 Å². The third-order valence-corrected chi connectivity index (χ3v) is 8.48. The first-order valence-electron chi connectivity index (χ1n) is 12.6. The van der Waals surface area contributed by atoms with Crippen LogP contribution in [0.4, 0.5) is 10.1 Å². The number of hydrogen-bond donors (Lipinski definition) is 1. The summed E-state index contributed by atoms with van der Waals surface area (Å²) in [6.45, 7) is 6.67. The predicted octanol–water partition coefficient (Wildman–Crippen LogP) is 5.31. The molecule has 10 heteroatoms. The van der Waals surface area contributed by atoms with Crippen molar-refractivity contribution in [2.24, 2.45) is 0 Å². The molecular formula is C29H33ClFN3O4S. The molecule has 0 saturated heterocycles. The van der Waals surface area contributed by atoms with Crippen molar-refractivity contribution in [3.05, 3.63) is 94.8 Å². The van der Waals surface area contributed by atoms with E-state index in [-0.39, 0.29) is 29.1 Å². The molecule has 0 heterocycles. The van der Waals surface area contributed by atoms with Crippen LogP contribution in [0.3, 0.4) is 0 Å². The first kappa shape index (κ1) is 30.1. The van der Waals surface area contributed by atoms with Crippen LogP contribution in [0.5, 0.6) is 0 Å². The number of rotatable bonds is 11. The minimum Gasteiger partial charge on any atom is -0.352 e. The molecule has 39 heavy (non-hydrogen) atoms. The maximum atomic E-state index is 13.8. The van der Waals surface area contributed by atoms with Crippen LogP contribution in [-0.4, -0.2) is 43.8 Å². The molecule has 0 radical (unpaired) electrons. The van der Waals surface area contributed by atoms with E-state index in [9.17, 15) is 22.4 Å². The Morgan fingerprint density at radius 3 is 2.10 bits per heavy atom. The molecule has 1 N–H and O–H groups in total. The standard InChI is InChI=1S/C29H33ClFN3O4S/c1-5-21(3)32-29(36)22(4)33(18-23-8-10-24(30)11-9-23)28(35)19-34(26-14-12-25(31)13-15-26)39(37,38)27-16-6-20(2)7-17-27/h6-17,21-22H,5,18-19H2,1-4H3,(H,32,36)/t21-,22-/m1/s1. The van der Waals surface area contributed by atoms with E-state index >= 15 is 0 Å². The van der Waals surface area contributed by atoms with Gasteiger partial charge in [-0.25, -0.2) is 12.8 Å². The number of aryl methyl sites for hydroxylation is 1. The summed E-state index contributed by atoms with van der Waals surface area (Å²) in [5, 5.41) is 3.40. The molecular weight excluding hydrogens is 541 g/mol. The van der Waals surface area contributed by atoms with E-state index in [0.29, 0.717) is 17.0 Å². The lowest BCUT2D eigenvalue weighted by molar-refractivity contribution is -0.139. The van der Waals surface area contributed by atoms with E-state index in [0.717, 1.165) is 22.0 Å². The van der Waals surface area contributed by atoms with Crippen LogP contribution in [-0.2, 0) is 26.2 Å². The summed E-state index contributed by atoms with van der Waals surface area (Å²) >= 11 is 6.02. The lowest BCUT2D eigenvalue weighted by Crippen LogP contribution is -2.52. The summed E-state index contributed by atoms with van der Waals surface area (Å²) in [6.07, 6.45) is 0.705. The van der Waals surface area contributed by atoms with Crippen LogP contribution in [0.2, 0.25) is 5.02 Å². The van der Waals surface area contributed by atoms with Gasteiger partial charge in [0.25, 0.3) is 10.0 Å². The van der Waals surface area contributed by atoms with Gasteiger partial charge < -0.3 is 10.2 Å². The van der Waals surface area contributed by atoms with Gasteiger partial charge in [0.1, 0.15) is 18.4 Å². The number of sulfonamides is 1. The van der Waals surface area contributed by atoms with E-state index in [1.54, 1.807) is 43.3 Å². The van der Waals surface area contributed by atoms with Gasteiger partial charge in [0, 0.05) is 17.6 Å². The number of carbonyl (C=O) groups excluding carboxylic acids is 2. The molecule has 0 unspecified atom stereocenters. The molecule has 3 rings (SSSR count). The lowest BCUT2D eigenvalue weighted by Gasteiger charge is -2.32. The molecule has 0 aliphatic carbocycles. The molecule has 0 aliphatic heterocycles. The monoisotopic (exact) mass is 573 g/mol. The molecule has 0 aliphatic rings. The van der Waals surface area contributed by atoms with Crippen molar-refractivity contribution < 1.29 is 22.4 Å². The van der Waals surface area contributed by atoms with Crippen LogP contribution < -0.4 is 9.62 Å². The number of nitrogens with one attached hydrogen (secondary N) is 1. The SMILES string of the molecule is CC[C@@H](C)NC(=O)[C@@H](C)N(Cc1ccc(Cl)cc1)C(=O)CN(c1ccc(F)cc1)S(=O)(=O)c1ccc(C)cc1. The number of benzene rings is 3. The number of nitrogens with zero attached hydrogens (tertiary/aromatic N) is 2. The Morgan fingerprint density at radius 1 is 0.949 bits per heavy atom. The molecule has 3 aromatic rings. The number of amides is 2. The van der Waals surface area contributed by atoms with Gasteiger partial charge >= 0.3 is 0 Å². The highest BCUT2D eigenvalue weighted by molar-refractivity contribution is 7.92. The van der Waals surface area contributed by atoms with Crippen LogP contribution in [0.1, 0.15) is 38.3 Å². The summed E-state index contributed by atoms with van der Waals surface area (Å²) in [6, 6.07) is 16.9. The van der Waals surface area contributed by atoms with E-state index in [1.807, 2.05) is 20.8 Å². The molecule has 0 spiro atoms. The van der Waals surface area contributed by atoms with Gasteiger partial charge in [-0.15, -0.1) is 0 Å². The molecule has 0 bridgehead atoms. The summed E-state index contributed by atoms with van der Waals surface area (Å²) in [5.41, 5.74) is 1.70. The lowest BCUT2D eigenvalue weighted by atomic mass is 10.1. The summed E-state index contributed by atoms with van der Waals surface area (Å²) in [7, 11) is -4.21. The van der Waals surface area contributed by atoms with E-state index in [4.69, 9.17) is 11.6 Å². The summed E-state index contributed by atoms with van der Waals surface area (Å²) in [4.78, 5) is 28.2. The van der Waals surface area contributed by atoms with Crippen molar-refractivity contribution in [1.82, 2.24) is 10.2 Å². The number of anilines is 1. The largest absolute Gasteiger partial charge is 0.352 e. The van der Waals surface area contributed by atoms with E-state index in [1.165, 1.54) is 29.2 Å². The fourth-order valence-corrected chi connectivity index (χ4v) is 5.35. The zero-order valence-electron chi connectivity index (χ0n) is 22.4. The number of carbonyl (C=O) groups is 2. The Kier molecular flexibility index (Phi) is 10.1. The number of hydrogen-bond acceptors (Lipinski definition) is 4. The van der Waals surface area contributed by atoms with Gasteiger partial charge in [-0.1, -0.05) is 48.4 Å². The molecule has 2 amide bonds. The molecule has 7 nitrogen and oxygen atoms in total. The summed E-state index contributed by atoms with van der Waals surface area (Å²) in [5.74, 6) is -1.50. The smallest absolute Gasteiger partial charge is 0.264 e. The first-order valence-corrected chi connectivity index (χ1v) is 14.4. The molecule has 0 aromatic heterocycles. The molecule has 3 aromatic carbocycles. The Balaban J connectivity index is 2.01. The van der Waals surface area contributed by atoms with Gasteiger partial charge in [0.05, 0.1) is 10.6 Å². The van der Waals surface area contributed by atoms with Gasteiger partial charge in [-0.05, 0) is 81.3 Å². The van der Waals surface area contributed by atoms with Crippen molar-refractivity contribution in [2.45, 2.75) is 57.6 Å². The second kappa shape index (κ2) is 13.1. The maximum absolute atomic E-state index is 13.8. The second-order valence-corrected chi connectivity index (χ2v) is 11.7. The fourth-order valence-electron chi connectivity index (χ4n) is 3.81. The van der Waals surface area contributed by atoms with Crippen molar-refractivity contribution >= 4 is 39.1 Å². The molecule has 0 fully saturated rings. The Hall–Kier alpha value is -3.43.